The molecule has 0 bridgehead atoms. The van der Waals surface area contributed by atoms with Gasteiger partial charge in [-0.1, -0.05) is 32.0 Å². The van der Waals surface area contributed by atoms with Gasteiger partial charge in [-0.05, 0) is 66.1 Å². The van der Waals surface area contributed by atoms with Gasteiger partial charge >= 0.3 is 6.09 Å². The molecular formula is C37H42N8O6. The SMILES string of the molecule is CCCN(Cc1ncc(-c2ccc3c(c2)COc2cc4c(ccc5[nH]c(CN(C(=O)CNC(=O)OC)[C@@H](C)CC)nc54)cc2-3)[nH]1)C(=O)CNC=O. The van der Waals surface area contributed by atoms with Crippen molar-refractivity contribution in [1.29, 1.82) is 0 Å². The molecule has 0 unspecified atom stereocenters. The molecule has 14 heteroatoms. The minimum atomic E-state index is -0.657. The monoisotopic (exact) mass is 694 g/mol. The van der Waals surface area contributed by atoms with Crippen LogP contribution in [0.1, 0.15) is 50.8 Å². The lowest BCUT2D eigenvalue weighted by molar-refractivity contribution is -0.133. The molecule has 14 nitrogen and oxygen atoms in total. The van der Waals surface area contributed by atoms with Gasteiger partial charge in [0.25, 0.3) is 0 Å². The molecule has 3 heterocycles. The van der Waals surface area contributed by atoms with Crippen LogP contribution >= 0.6 is 0 Å². The summed E-state index contributed by atoms with van der Waals surface area (Å²) < 4.78 is 10.9. The summed E-state index contributed by atoms with van der Waals surface area (Å²) in [5.41, 5.74) is 6.52. The van der Waals surface area contributed by atoms with Crippen LogP contribution in [0.15, 0.2) is 48.7 Å². The molecule has 0 aliphatic carbocycles. The number of H-pyrrole nitrogens is 2. The summed E-state index contributed by atoms with van der Waals surface area (Å²) in [5.74, 6) is 1.67. The van der Waals surface area contributed by atoms with Crippen LogP contribution in [0.5, 0.6) is 5.75 Å². The fourth-order valence-electron chi connectivity index (χ4n) is 6.35. The van der Waals surface area contributed by atoms with Gasteiger partial charge < -0.3 is 39.9 Å². The molecular weight excluding hydrogens is 652 g/mol. The number of nitrogens with zero attached hydrogens (tertiary/aromatic N) is 4. The Hall–Kier alpha value is -5.92. The third-order valence-electron chi connectivity index (χ3n) is 9.19. The largest absolute Gasteiger partial charge is 0.488 e. The standard InChI is InChI=1S/C37H42N8O6/c1-5-11-44(34(47)16-38-21-46)18-32-39-15-30(42-32)24-7-9-26-25(12-24)20-51-31-14-27-23(13-28(26)31)8-10-29-36(27)43-33(41-29)19-45(22(3)6-2)35(48)17-40-37(49)50-4/h7-10,12-15,21-22H,5-6,11,16-20H2,1-4H3,(H,38,46)(H,39,42)(H,40,49)(H,41,43)/t22-/m0/s1. The number of carbonyl (C=O) groups is 4. The maximum absolute atomic E-state index is 13.0. The highest BCUT2D eigenvalue weighted by atomic mass is 16.5. The van der Waals surface area contributed by atoms with E-state index in [1.807, 2.05) is 45.0 Å². The van der Waals surface area contributed by atoms with Crippen molar-refractivity contribution in [2.24, 2.45) is 0 Å². The quantitative estimate of drug-likeness (QED) is 0.122. The van der Waals surface area contributed by atoms with Crippen molar-refractivity contribution in [2.75, 3.05) is 26.7 Å². The highest BCUT2D eigenvalue weighted by Gasteiger charge is 2.24. The minimum absolute atomic E-state index is 0.0511. The van der Waals surface area contributed by atoms with E-state index >= 15 is 0 Å². The van der Waals surface area contributed by atoms with Crippen LogP contribution in [-0.4, -0.2) is 86.8 Å². The highest BCUT2D eigenvalue weighted by molar-refractivity contribution is 6.07. The van der Waals surface area contributed by atoms with Crippen molar-refractivity contribution in [3.63, 3.8) is 0 Å². The maximum Gasteiger partial charge on any atom is 0.407 e. The van der Waals surface area contributed by atoms with Gasteiger partial charge in [-0.15, -0.1) is 0 Å². The first-order chi connectivity index (χ1) is 24.7. The molecule has 0 saturated carbocycles. The van der Waals surface area contributed by atoms with E-state index in [1.54, 1.807) is 16.0 Å². The van der Waals surface area contributed by atoms with Crippen molar-refractivity contribution in [3.8, 4) is 28.1 Å². The van der Waals surface area contributed by atoms with E-state index in [1.165, 1.54) is 7.11 Å². The number of aromatic nitrogens is 4. The molecule has 1 aliphatic heterocycles. The number of fused-ring (bicyclic) bond motifs is 6. The molecule has 5 aromatic rings. The zero-order valence-corrected chi connectivity index (χ0v) is 29.2. The second-order valence-electron chi connectivity index (χ2n) is 12.6. The smallest absolute Gasteiger partial charge is 0.407 e. The van der Waals surface area contributed by atoms with Gasteiger partial charge in [-0.2, -0.15) is 0 Å². The predicted octanol–water partition coefficient (Wildman–Crippen LogP) is 4.63. The molecule has 4 amide bonds. The molecule has 6 rings (SSSR count). The summed E-state index contributed by atoms with van der Waals surface area (Å²) in [6, 6.07) is 14.4. The number of nitrogens with one attached hydrogen (secondary N) is 4. The van der Waals surface area contributed by atoms with Gasteiger partial charge in [0.1, 0.15) is 30.5 Å². The Morgan fingerprint density at radius 1 is 1.02 bits per heavy atom. The minimum Gasteiger partial charge on any atom is -0.488 e. The lowest BCUT2D eigenvalue weighted by Gasteiger charge is -2.27. The van der Waals surface area contributed by atoms with E-state index in [0.717, 1.165) is 68.3 Å². The number of aromatic amines is 2. The number of methoxy groups -OCH3 is 1. The van der Waals surface area contributed by atoms with Crippen LogP contribution < -0.4 is 15.4 Å². The zero-order chi connectivity index (χ0) is 36.1. The number of imidazole rings is 2. The first kappa shape index (κ1) is 34.9. The number of benzene rings is 3. The van der Waals surface area contributed by atoms with E-state index in [-0.39, 0.29) is 37.5 Å². The third-order valence-corrected chi connectivity index (χ3v) is 9.19. The van der Waals surface area contributed by atoms with Crippen LogP contribution in [0.2, 0.25) is 0 Å². The van der Waals surface area contributed by atoms with Crippen LogP contribution in [0.3, 0.4) is 0 Å². The van der Waals surface area contributed by atoms with Gasteiger partial charge in [0, 0.05) is 23.5 Å². The van der Waals surface area contributed by atoms with Crippen LogP contribution in [0.25, 0.3) is 44.2 Å². The summed E-state index contributed by atoms with van der Waals surface area (Å²) >= 11 is 0. The van der Waals surface area contributed by atoms with Gasteiger partial charge in [-0.3, -0.25) is 14.4 Å². The summed E-state index contributed by atoms with van der Waals surface area (Å²) in [5, 5.41) is 6.85. The van der Waals surface area contributed by atoms with Crippen LogP contribution in [-0.2, 0) is 38.8 Å². The summed E-state index contributed by atoms with van der Waals surface area (Å²) in [6.45, 7) is 7.27. The van der Waals surface area contributed by atoms with E-state index in [4.69, 9.17) is 9.72 Å². The number of hydrogen-bond acceptors (Lipinski definition) is 8. The molecule has 0 radical (unpaired) electrons. The fraction of sp³-hybridized carbons (Fsp3) is 0.351. The van der Waals surface area contributed by atoms with Crippen LogP contribution in [0.4, 0.5) is 4.79 Å². The van der Waals surface area contributed by atoms with Gasteiger partial charge in [0.05, 0.1) is 49.7 Å². The summed E-state index contributed by atoms with van der Waals surface area (Å²) in [4.78, 5) is 67.3. The first-order valence-electron chi connectivity index (χ1n) is 17.0. The predicted molar refractivity (Wildman–Crippen MR) is 191 cm³/mol. The molecule has 4 N–H and O–H groups in total. The Labute approximate surface area is 294 Å². The molecule has 2 aromatic heterocycles. The Morgan fingerprint density at radius 2 is 1.86 bits per heavy atom. The van der Waals surface area contributed by atoms with E-state index in [0.29, 0.717) is 37.8 Å². The van der Waals surface area contributed by atoms with Crippen molar-refractivity contribution >= 4 is 46.1 Å². The van der Waals surface area contributed by atoms with Gasteiger partial charge in [-0.25, -0.2) is 14.8 Å². The second kappa shape index (κ2) is 15.3. The van der Waals surface area contributed by atoms with E-state index in [2.05, 4.69) is 48.5 Å². The van der Waals surface area contributed by atoms with Crippen molar-refractivity contribution < 1.29 is 28.7 Å². The first-order valence-corrected chi connectivity index (χ1v) is 17.0. The molecule has 0 spiro atoms. The number of alkyl carbamates (subject to hydrolysis) is 1. The number of rotatable bonds is 14. The Balaban J connectivity index is 1.23. The number of hydrogen-bond donors (Lipinski definition) is 4. The van der Waals surface area contributed by atoms with Crippen molar-refractivity contribution in [2.45, 2.75) is 59.4 Å². The lowest BCUT2D eigenvalue weighted by atomic mass is 9.92. The van der Waals surface area contributed by atoms with Crippen molar-refractivity contribution in [3.05, 3.63) is 65.9 Å². The van der Waals surface area contributed by atoms with E-state index < -0.39 is 6.09 Å². The Kier molecular flexibility index (Phi) is 10.5. The zero-order valence-electron chi connectivity index (χ0n) is 29.2. The third kappa shape index (κ3) is 7.49. The maximum atomic E-state index is 13.0. The summed E-state index contributed by atoms with van der Waals surface area (Å²) in [7, 11) is 1.26. The molecule has 1 atom stereocenters. The Morgan fingerprint density at radius 3 is 2.63 bits per heavy atom. The number of carbonyl (C=O) groups excluding carboxylic acids is 4. The highest BCUT2D eigenvalue weighted by Crippen LogP contribution is 2.42. The fourth-order valence-corrected chi connectivity index (χ4v) is 6.35. The second-order valence-corrected chi connectivity index (χ2v) is 12.6. The molecule has 1 aliphatic rings. The van der Waals surface area contributed by atoms with Gasteiger partial charge in [0.15, 0.2) is 0 Å². The molecule has 266 valence electrons. The molecule has 0 fully saturated rings. The average Bonchev–Trinajstić information content (AvgIpc) is 3.80. The molecule has 0 saturated heterocycles. The topological polar surface area (TPSA) is 175 Å². The van der Waals surface area contributed by atoms with Crippen LogP contribution in [0, 0.1) is 0 Å². The number of ether oxygens (including phenoxy) is 2. The Bertz CT molecular complexity index is 2090. The molecule has 51 heavy (non-hydrogen) atoms. The summed E-state index contributed by atoms with van der Waals surface area (Å²) in [6.07, 6.45) is 3.16. The van der Waals surface area contributed by atoms with Crippen molar-refractivity contribution in [1.82, 2.24) is 40.4 Å². The average molecular weight is 695 g/mol. The number of amides is 4. The lowest BCUT2D eigenvalue weighted by Crippen LogP contribution is -2.44. The van der Waals surface area contributed by atoms with Gasteiger partial charge in [0.2, 0.25) is 18.2 Å². The normalized spacial score (nSPS) is 12.4. The van der Waals surface area contributed by atoms with E-state index in [9.17, 15) is 19.2 Å². The molecule has 3 aromatic carbocycles.